The summed E-state index contributed by atoms with van der Waals surface area (Å²) in [5, 5.41) is 12.5. The average Bonchev–Trinajstić information content (AvgIpc) is 2.18. The van der Waals surface area contributed by atoms with E-state index in [2.05, 4.69) is 26.1 Å². The van der Waals surface area contributed by atoms with Crippen LogP contribution in [0, 0.1) is 5.41 Å². The Balaban J connectivity index is 2.91. The molecule has 0 saturated heterocycles. The summed E-state index contributed by atoms with van der Waals surface area (Å²) in [6, 6.07) is 2.96. The molecule has 18 heavy (non-hydrogen) atoms. The van der Waals surface area contributed by atoms with Gasteiger partial charge in [-0.25, -0.2) is 4.79 Å². The van der Waals surface area contributed by atoms with E-state index in [1.807, 2.05) is 0 Å². The molecule has 5 heteroatoms. The lowest BCUT2D eigenvalue weighted by molar-refractivity contribution is 0.0698. The van der Waals surface area contributed by atoms with Gasteiger partial charge in [-0.15, -0.1) is 0 Å². The number of anilines is 2. The van der Waals surface area contributed by atoms with Crippen LogP contribution in [0.25, 0.3) is 0 Å². The third-order valence-electron chi connectivity index (χ3n) is 2.52. The van der Waals surface area contributed by atoms with Crippen molar-refractivity contribution in [2.24, 2.45) is 5.41 Å². The Hall–Kier alpha value is -1.42. The first-order valence-corrected chi connectivity index (χ1v) is 6.15. The number of rotatable bonds is 4. The van der Waals surface area contributed by atoms with Gasteiger partial charge >= 0.3 is 5.97 Å². The number of nitrogens with one attached hydrogen (secondary N) is 1. The smallest absolute Gasteiger partial charge is 0.337 e. The monoisotopic (exact) mass is 270 g/mol. The molecule has 0 aromatic heterocycles. The first-order valence-electron chi connectivity index (χ1n) is 5.77. The van der Waals surface area contributed by atoms with Crippen molar-refractivity contribution in [3.8, 4) is 0 Å². The number of halogens is 1. The number of hydrogen-bond donors (Lipinski definition) is 3. The molecule has 0 saturated carbocycles. The molecule has 1 aromatic rings. The normalized spacial score (nSPS) is 11.3. The molecular weight excluding hydrogens is 252 g/mol. The Morgan fingerprint density at radius 2 is 2.06 bits per heavy atom. The van der Waals surface area contributed by atoms with Gasteiger partial charge in [0.15, 0.2) is 0 Å². The Bertz CT molecular complexity index is 453. The zero-order valence-corrected chi connectivity index (χ0v) is 11.6. The van der Waals surface area contributed by atoms with Gasteiger partial charge in [0.05, 0.1) is 16.3 Å². The predicted molar refractivity (Wildman–Crippen MR) is 75.4 cm³/mol. The quantitative estimate of drug-likeness (QED) is 0.732. The second-order valence-electron chi connectivity index (χ2n) is 5.47. The molecule has 4 N–H and O–H groups in total. The van der Waals surface area contributed by atoms with Crippen molar-refractivity contribution in [3.05, 3.63) is 22.7 Å². The van der Waals surface area contributed by atoms with Crippen LogP contribution in [0.4, 0.5) is 11.4 Å². The molecule has 0 atom stereocenters. The largest absolute Gasteiger partial charge is 0.478 e. The van der Waals surface area contributed by atoms with Gasteiger partial charge in [0.2, 0.25) is 0 Å². The number of aromatic carboxylic acids is 1. The van der Waals surface area contributed by atoms with Crippen LogP contribution < -0.4 is 11.1 Å². The van der Waals surface area contributed by atoms with Crippen molar-refractivity contribution in [2.75, 3.05) is 17.6 Å². The lowest BCUT2D eigenvalue weighted by atomic mass is 9.92. The number of benzene rings is 1. The van der Waals surface area contributed by atoms with E-state index >= 15 is 0 Å². The molecule has 0 unspecified atom stereocenters. The summed E-state index contributed by atoms with van der Waals surface area (Å²) >= 11 is 6.02. The Labute approximate surface area is 112 Å². The minimum Gasteiger partial charge on any atom is -0.478 e. The van der Waals surface area contributed by atoms with E-state index in [0.29, 0.717) is 22.9 Å². The van der Waals surface area contributed by atoms with Gasteiger partial charge in [0.1, 0.15) is 0 Å². The van der Waals surface area contributed by atoms with Crippen molar-refractivity contribution in [3.63, 3.8) is 0 Å². The second-order valence-corrected chi connectivity index (χ2v) is 5.88. The molecule has 0 radical (unpaired) electrons. The fourth-order valence-electron chi connectivity index (χ4n) is 1.54. The summed E-state index contributed by atoms with van der Waals surface area (Å²) in [6.45, 7) is 7.03. The van der Waals surface area contributed by atoms with Gasteiger partial charge in [-0.2, -0.15) is 0 Å². The summed E-state index contributed by atoms with van der Waals surface area (Å²) in [4.78, 5) is 11.1. The maximum atomic E-state index is 11.1. The molecule has 0 aliphatic carbocycles. The molecule has 0 amide bonds. The molecule has 4 nitrogen and oxygen atoms in total. The van der Waals surface area contributed by atoms with E-state index in [9.17, 15) is 4.79 Å². The summed E-state index contributed by atoms with van der Waals surface area (Å²) < 4.78 is 0. The SMILES string of the molecule is CC(C)(C)CCNc1c(Cl)cc(N)cc1C(=O)O. The van der Waals surface area contributed by atoms with Gasteiger partial charge in [-0.05, 0) is 24.0 Å². The number of carboxylic acids is 1. The third-order valence-corrected chi connectivity index (χ3v) is 2.82. The van der Waals surface area contributed by atoms with Gasteiger partial charge in [-0.1, -0.05) is 32.4 Å². The molecule has 0 heterocycles. The molecule has 0 aliphatic rings. The number of carbonyl (C=O) groups is 1. The maximum Gasteiger partial charge on any atom is 0.337 e. The van der Waals surface area contributed by atoms with Crippen molar-refractivity contribution in [1.82, 2.24) is 0 Å². The molecule has 1 rings (SSSR count). The lowest BCUT2D eigenvalue weighted by Gasteiger charge is -2.19. The minimum absolute atomic E-state index is 0.105. The van der Waals surface area contributed by atoms with Crippen LogP contribution in [0.1, 0.15) is 37.6 Å². The number of nitrogen functional groups attached to an aromatic ring is 1. The molecule has 1 aromatic carbocycles. The molecule has 0 bridgehead atoms. The van der Waals surface area contributed by atoms with Crippen LogP contribution in [-0.2, 0) is 0 Å². The van der Waals surface area contributed by atoms with Gasteiger partial charge < -0.3 is 16.2 Å². The fraction of sp³-hybridized carbons (Fsp3) is 0.462. The minimum atomic E-state index is -1.04. The van der Waals surface area contributed by atoms with E-state index in [1.165, 1.54) is 6.07 Å². The number of carboxylic acid groups (broad SMARTS) is 1. The van der Waals surface area contributed by atoms with E-state index in [0.717, 1.165) is 6.42 Å². The van der Waals surface area contributed by atoms with Gasteiger partial charge in [-0.3, -0.25) is 0 Å². The second kappa shape index (κ2) is 5.48. The lowest BCUT2D eigenvalue weighted by Crippen LogP contribution is -2.15. The molecule has 0 aliphatic heterocycles. The van der Waals surface area contributed by atoms with Crippen molar-refractivity contribution in [2.45, 2.75) is 27.2 Å². The van der Waals surface area contributed by atoms with Crippen molar-refractivity contribution >= 4 is 28.9 Å². The fourth-order valence-corrected chi connectivity index (χ4v) is 1.83. The number of nitrogens with two attached hydrogens (primary N) is 1. The zero-order valence-electron chi connectivity index (χ0n) is 10.9. The summed E-state index contributed by atoms with van der Waals surface area (Å²) in [7, 11) is 0. The first kappa shape index (κ1) is 14.6. The van der Waals surface area contributed by atoms with E-state index < -0.39 is 5.97 Å². The highest BCUT2D eigenvalue weighted by atomic mass is 35.5. The third kappa shape index (κ3) is 4.11. The van der Waals surface area contributed by atoms with Crippen LogP contribution in [0.5, 0.6) is 0 Å². The predicted octanol–water partition coefficient (Wildman–Crippen LogP) is 3.47. The molecular formula is C13H19ClN2O2. The average molecular weight is 271 g/mol. The van der Waals surface area contributed by atoms with E-state index in [4.69, 9.17) is 22.4 Å². The van der Waals surface area contributed by atoms with Crippen LogP contribution >= 0.6 is 11.6 Å². The zero-order chi connectivity index (χ0) is 13.9. The first-order chi connectivity index (χ1) is 8.20. The van der Waals surface area contributed by atoms with Crippen LogP contribution in [0.15, 0.2) is 12.1 Å². The highest BCUT2D eigenvalue weighted by molar-refractivity contribution is 6.34. The van der Waals surface area contributed by atoms with Crippen molar-refractivity contribution < 1.29 is 9.90 Å². The number of hydrogen-bond acceptors (Lipinski definition) is 3. The van der Waals surface area contributed by atoms with Gasteiger partial charge in [0, 0.05) is 12.2 Å². The Morgan fingerprint density at radius 3 is 2.56 bits per heavy atom. The summed E-state index contributed by atoms with van der Waals surface area (Å²) in [5.74, 6) is -1.04. The highest BCUT2D eigenvalue weighted by Crippen LogP contribution is 2.30. The Morgan fingerprint density at radius 1 is 1.44 bits per heavy atom. The molecule has 0 spiro atoms. The summed E-state index contributed by atoms with van der Waals surface area (Å²) in [5.41, 5.74) is 6.65. The Kier molecular flexibility index (Phi) is 4.46. The highest BCUT2D eigenvalue weighted by Gasteiger charge is 2.16. The van der Waals surface area contributed by atoms with Crippen LogP contribution in [0.2, 0.25) is 5.02 Å². The van der Waals surface area contributed by atoms with E-state index in [1.54, 1.807) is 6.07 Å². The standard InChI is InChI=1S/C13H19ClN2O2/c1-13(2,3)4-5-16-11-9(12(17)18)6-8(15)7-10(11)14/h6-7,16H,4-5,15H2,1-3H3,(H,17,18). The van der Waals surface area contributed by atoms with Crippen LogP contribution in [0.3, 0.4) is 0 Å². The van der Waals surface area contributed by atoms with E-state index in [-0.39, 0.29) is 11.0 Å². The topological polar surface area (TPSA) is 75.3 Å². The van der Waals surface area contributed by atoms with Crippen molar-refractivity contribution in [1.29, 1.82) is 0 Å². The molecule has 0 fully saturated rings. The summed E-state index contributed by atoms with van der Waals surface area (Å²) in [6.07, 6.45) is 0.909. The van der Waals surface area contributed by atoms with Crippen LogP contribution in [-0.4, -0.2) is 17.6 Å². The van der Waals surface area contributed by atoms with Gasteiger partial charge in [0.25, 0.3) is 0 Å². The maximum absolute atomic E-state index is 11.1. The molecule has 100 valence electrons.